The van der Waals surface area contributed by atoms with Crippen molar-refractivity contribution in [1.82, 2.24) is 4.57 Å². The number of aryl methyl sites for hydroxylation is 1. The zero-order chi connectivity index (χ0) is 10.5. The number of nitrogens with zero attached hydrogens (tertiary/aromatic N) is 1. The molecule has 1 aliphatic rings. The normalized spacial score (nSPS) is 18.3. The number of hydrogen-bond donors (Lipinski definition) is 1. The number of aromatic nitrogens is 1. The van der Waals surface area contributed by atoms with Crippen LogP contribution in [0.2, 0.25) is 0 Å². The fourth-order valence-corrected chi connectivity index (χ4v) is 2.28. The van der Waals surface area contributed by atoms with Gasteiger partial charge < -0.3 is 10.3 Å². The van der Waals surface area contributed by atoms with E-state index >= 15 is 0 Å². The molecule has 0 unspecified atom stereocenters. The molecule has 0 radical (unpaired) electrons. The number of nitrogens with two attached hydrogens (primary N) is 1. The molecule has 1 aromatic carbocycles. The molecule has 3 rings (SSSR count). The maximum atomic E-state index is 6.17. The fraction of sp³-hybridized carbons (Fsp3) is 0.385. The van der Waals surface area contributed by atoms with Crippen LogP contribution in [0.3, 0.4) is 0 Å². The third kappa shape index (κ3) is 1.45. The minimum Gasteiger partial charge on any atom is -0.350 e. The summed E-state index contributed by atoms with van der Waals surface area (Å²) in [6, 6.07) is 8.54. The van der Waals surface area contributed by atoms with Gasteiger partial charge in [0, 0.05) is 29.7 Å². The lowest BCUT2D eigenvalue weighted by molar-refractivity contribution is 0.673. The highest BCUT2D eigenvalue weighted by molar-refractivity contribution is 5.84. The second-order valence-corrected chi connectivity index (χ2v) is 4.82. The van der Waals surface area contributed by atoms with Crippen LogP contribution in [0.25, 0.3) is 10.9 Å². The van der Waals surface area contributed by atoms with Crippen LogP contribution in [0, 0.1) is 0 Å². The van der Waals surface area contributed by atoms with Gasteiger partial charge in [0.25, 0.3) is 0 Å². The molecule has 1 aromatic heterocycles. The zero-order valence-electron chi connectivity index (χ0n) is 9.03. The van der Waals surface area contributed by atoms with Crippen LogP contribution >= 0.6 is 0 Å². The Labute approximate surface area is 89.7 Å². The second-order valence-electron chi connectivity index (χ2n) is 4.82. The van der Waals surface area contributed by atoms with Gasteiger partial charge in [-0.05, 0) is 30.9 Å². The molecule has 0 saturated heterocycles. The van der Waals surface area contributed by atoms with Crippen LogP contribution in [0.1, 0.15) is 18.4 Å². The molecule has 1 aliphatic carbocycles. The van der Waals surface area contributed by atoms with Gasteiger partial charge in [-0.25, -0.2) is 0 Å². The summed E-state index contributed by atoms with van der Waals surface area (Å²) in [6.07, 6.45) is 5.60. The van der Waals surface area contributed by atoms with Crippen LogP contribution < -0.4 is 5.73 Å². The van der Waals surface area contributed by atoms with Crippen molar-refractivity contribution in [2.75, 3.05) is 0 Å². The van der Waals surface area contributed by atoms with Crippen LogP contribution in [0.5, 0.6) is 0 Å². The molecule has 2 heteroatoms. The molecule has 0 bridgehead atoms. The SMILES string of the molecule is Cn1cc(CC2(N)CC2)c2ccccc21. The van der Waals surface area contributed by atoms with Crippen molar-refractivity contribution in [3.8, 4) is 0 Å². The molecule has 0 amide bonds. The maximum Gasteiger partial charge on any atom is 0.0480 e. The summed E-state index contributed by atoms with van der Waals surface area (Å²) >= 11 is 0. The second kappa shape index (κ2) is 2.86. The molecule has 2 aromatic rings. The summed E-state index contributed by atoms with van der Waals surface area (Å²) in [6.45, 7) is 0. The smallest absolute Gasteiger partial charge is 0.0480 e. The van der Waals surface area contributed by atoms with Gasteiger partial charge in [0.1, 0.15) is 0 Å². The molecule has 1 heterocycles. The van der Waals surface area contributed by atoms with E-state index in [1.54, 1.807) is 0 Å². The van der Waals surface area contributed by atoms with Crippen LogP contribution in [0.15, 0.2) is 30.5 Å². The quantitative estimate of drug-likeness (QED) is 0.791. The summed E-state index contributed by atoms with van der Waals surface area (Å²) in [5, 5.41) is 1.36. The number of fused-ring (bicyclic) bond motifs is 1. The first-order valence-electron chi connectivity index (χ1n) is 5.50. The average Bonchev–Trinajstić information content (AvgIpc) is 2.87. The summed E-state index contributed by atoms with van der Waals surface area (Å²) < 4.78 is 2.19. The van der Waals surface area contributed by atoms with E-state index in [2.05, 4.69) is 42.1 Å². The topological polar surface area (TPSA) is 30.9 Å². The van der Waals surface area contributed by atoms with E-state index in [0.29, 0.717) is 0 Å². The van der Waals surface area contributed by atoms with Crippen LogP contribution in [-0.2, 0) is 13.5 Å². The van der Waals surface area contributed by atoms with Gasteiger partial charge in [-0.15, -0.1) is 0 Å². The van der Waals surface area contributed by atoms with Crippen molar-refractivity contribution in [3.63, 3.8) is 0 Å². The third-order valence-electron chi connectivity index (χ3n) is 3.41. The molecule has 0 atom stereocenters. The Bertz CT molecular complexity index is 506. The minimum atomic E-state index is 0.101. The molecule has 0 spiro atoms. The van der Waals surface area contributed by atoms with Crippen molar-refractivity contribution in [2.45, 2.75) is 24.8 Å². The molecular formula is C13H16N2. The van der Waals surface area contributed by atoms with Gasteiger partial charge >= 0.3 is 0 Å². The number of para-hydroxylation sites is 1. The van der Waals surface area contributed by atoms with E-state index in [-0.39, 0.29) is 5.54 Å². The minimum absolute atomic E-state index is 0.101. The lowest BCUT2D eigenvalue weighted by Gasteiger charge is -2.06. The summed E-state index contributed by atoms with van der Waals surface area (Å²) in [5.41, 5.74) is 8.97. The van der Waals surface area contributed by atoms with Crippen molar-refractivity contribution in [3.05, 3.63) is 36.0 Å². The van der Waals surface area contributed by atoms with Crippen molar-refractivity contribution in [1.29, 1.82) is 0 Å². The number of hydrogen-bond acceptors (Lipinski definition) is 1. The molecule has 1 saturated carbocycles. The van der Waals surface area contributed by atoms with Gasteiger partial charge in [-0.3, -0.25) is 0 Å². The standard InChI is InChI=1S/C13H16N2/c1-15-9-10(8-13(14)6-7-13)11-4-2-3-5-12(11)15/h2-5,9H,6-8,14H2,1H3. The van der Waals surface area contributed by atoms with Crippen molar-refractivity contribution in [2.24, 2.45) is 12.8 Å². The molecule has 78 valence electrons. The Morgan fingerprint density at radius 1 is 1.33 bits per heavy atom. The number of benzene rings is 1. The van der Waals surface area contributed by atoms with Gasteiger partial charge in [0.15, 0.2) is 0 Å². The van der Waals surface area contributed by atoms with E-state index in [0.717, 1.165) is 6.42 Å². The van der Waals surface area contributed by atoms with Crippen molar-refractivity contribution < 1.29 is 0 Å². The Morgan fingerprint density at radius 2 is 2.07 bits per heavy atom. The van der Waals surface area contributed by atoms with E-state index in [1.807, 2.05) is 0 Å². The van der Waals surface area contributed by atoms with Gasteiger partial charge in [0.05, 0.1) is 0 Å². The van der Waals surface area contributed by atoms with Gasteiger partial charge in [-0.2, -0.15) is 0 Å². The monoisotopic (exact) mass is 200 g/mol. The van der Waals surface area contributed by atoms with E-state index in [9.17, 15) is 0 Å². The highest BCUT2D eigenvalue weighted by atomic mass is 14.9. The number of rotatable bonds is 2. The lowest BCUT2D eigenvalue weighted by Crippen LogP contribution is -2.24. The molecule has 0 aliphatic heterocycles. The van der Waals surface area contributed by atoms with E-state index in [4.69, 9.17) is 5.73 Å². The molecule has 2 nitrogen and oxygen atoms in total. The molecule has 1 fully saturated rings. The lowest BCUT2D eigenvalue weighted by atomic mass is 10.0. The van der Waals surface area contributed by atoms with Gasteiger partial charge in [0.2, 0.25) is 0 Å². The summed E-state index contributed by atoms with van der Waals surface area (Å²) in [7, 11) is 2.10. The zero-order valence-corrected chi connectivity index (χ0v) is 9.03. The highest BCUT2D eigenvalue weighted by Gasteiger charge is 2.38. The largest absolute Gasteiger partial charge is 0.350 e. The average molecular weight is 200 g/mol. The predicted molar refractivity (Wildman–Crippen MR) is 62.8 cm³/mol. The first-order chi connectivity index (χ1) is 7.18. The summed E-state index contributed by atoms with van der Waals surface area (Å²) in [5.74, 6) is 0. The first kappa shape index (κ1) is 8.98. The van der Waals surface area contributed by atoms with Crippen LogP contribution in [-0.4, -0.2) is 10.1 Å². The molecule has 2 N–H and O–H groups in total. The Morgan fingerprint density at radius 3 is 2.80 bits per heavy atom. The highest BCUT2D eigenvalue weighted by Crippen LogP contribution is 2.37. The van der Waals surface area contributed by atoms with Crippen LogP contribution in [0.4, 0.5) is 0 Å². The predicted octanol–water partition coefficient (Wildman–Crippen LogP) is 2.21. The van der Waals surface area contributed by atoms with Crippen molar-refractivity contribution >= 4 is 10.9 Å². The molecular weight excluding hydrogens is 184 g/mol. The first-order valence-corrected chi connectivity index (χ1v) is 5.50. The maximum absolute atomic E-state index is 6.17. The summed E-state index contributed by atoms with van der Waals surface area (Å²) in [4.78, 5) is 0. The van der Waals surface area contributed by atoms with Gasteiger partial charge in [-0.1, -0.05) is 18.2 Å². The third-order valence-corrected chi connectivity index (χ3v) is 3.41. The van der Waals surface area contributed by atoms with E-state index < -0.39 is 0 Å². The Balaban J connectivity index is 2.10. The van der Waals surface area contributed by atoms with E-state index in [1.165, 1.54) is 29.3 Å². The molecule has 15 heavy (non-hydrogen) atoms. The Hall–Kier alpha value is -1.28. The fourth-order valence-electron chi connectivity index (χ4n) is 2.28. The Kier molecular flexibility index (Phi) is 1.71.